The molecule has 0 aliphatic carbocycles. The highest BCUT2D eigenvalue weighted by Crippen LogP contribution is 2.49. The van der Waals surface area contributed by atoms with Crippen LogP contribution in [0.3, 0.4) is 0 Å². The number of hydrogen-bond donors (Lipinski definition) is 3. The SMILES string of the molecule is Cc1nc(C(=O)N2c3cccc(O)c3NC(CC3(CC=O)COC3)=C(CO)C2c2ccc(OCc3ccccc3)cc2F)c(C)o1. The smallest absolute Gasteiger partial charge is 0.281 e. The lowest BCUT2D eigenvalue weighted by Gasteiger charge is -2.41. The summed E-state index contributed by atoms with van der Waals surface area (Å²) in [6.45, 7) is 3.47. The number of carbonyl (C=O) groups is 2. The Morgan fingerprint density at radius 2 is 1.93 bits per heavy atom. The van der Waals surface area contributed by atoms with Crippen LogP contribution >= 0.6 is 0 Å². The van der Waals surface area contributed by atoms with Crippen molar-refractivity contribution in [2.45, 2.75) is 39.3 Å². The fourth-order valence-corrected chi connectivity index (χ4v) is 6.08. The fraction of sp³-hybridized carbons (Fsp3) is 0.286. The maximum atomic E-state index is 16.4. The van der Waals surface area contributed by atoms with Crippen LogP contribution in [0.15, 0.2) is 82.4 Å². The van der Waals surface area contributed by atoms with Gasteiger partial charge in [0.05, 0.1) is 31.5 Å². The molecule has 46 heavy (non-hydrogen) atoms. The lowest BCUT2D eigenvalue weighted by atomic mass is 9.77. The number of ether oxygens (including phenoxy) is 2. The minimum atomic E-state index is -1.20. The number of hydrogen-bond acceptors (Lipinski definition) is 9. The molecule has 4 aromatic rings. The summed E-state index contributed by atoms with van der Waals surface area (Å²) in [5, 5.41) is 25.3. The number of oxazole rings is 1. The van der Waals surface area contributed by atoms with E-state index in [2.05, 4.69) is 10.3 Å². The van der Waals surface area contributed by atoms with Gasteiger partial charge >= 0.3 is 0 Å². The first-order chi connectivity index (χ1) is 22.2. The van der Waals surface area contributed by atoms with Crippen molar-refractivity contribution in [3.63, 3.8) is 0 Å². The summed E-state index contributed by atoms with van der Waals surface area (Å²) in [5.74, 6) is -0.660. The first-order valence-corrected chi connectivity index (χ1v) is 14.9. The number of aromatic hydroxyl groups is 1. The van der Waals surface area contributed by atoms with Gasteiger partial charge in [-0.2, -0.15) is 0 Å². The molecular formula is C35H34FN3O7. The van der Waals surface area contributed by atoms with Crippen molar-refractivity contribution in [2.75, 3.05) is 30.0 Å². The number of aliphatic hydroxyl groups excluding tert-OH is 1. The van der Waals surface area contributed by atoms with E-state index < -0.39 is 29.8 Å². The quantitative estimate of drug-likeness (QED) is 0.148. The second kappa shape index (κ2) is 12.8. The second-order valence-electron chi connectivity index (χ2n) is 11.7. The lowest BCUT2D eigenvalue weighted by molar-refractivity contribution is -0.132. The molecule has 1 atom stereocenters. The van der Waals surface area contributed by atoms with Crippen LogP contribution < -0.4 is 15.0 Å². The number of fused-ring (bicyclic) bond motifs is 1. The summed E-state index contributed by atoms with van der Waals surface area (Å²) in [6, 6.07) is 17.3. The van der Waals surface area contributed by atoms with E-state index in [-0.39, 0.29) is 70.8 Å². The third-order valence-electron chi connectivity index (χ3n) is 8.43. The number of amides is 1. The number of aryl methyl sites for hydroxylation is 2. The van der Waals surface area contributed by atoms with Crippen molar-refractivity contribution in [3.05, 3.63) is 112 Å². The molecule has 1 unspecified atom stereocenters. The molecular weight excluding hydrogens is 593 g/mol. The summed E-state index contributed by atoms with van der Waals surface area (Å²) in [4.78, 5) is 31.8. The molecule has 238 valence electrons. The third kappa shape index (κ3) is 5.86. The number of aliphatic hydroxyl groups is 1. The number of nitrogens with zero attached hydrogens (tertiary/aromatic N) is 2. The molecule has 0 saturated carbocycles. The van der Waals surface area contributed by atoms with Gasteiger partial charge in [-0.15, -0.1) is 0 Å². The van der Waals surface area contributed by atoms with Gasteiger partial charge in [-0.25, -0.2) is 9.37 Å². The Labute approximate surface area is 265 Å². The number of aromatic nitrogens is 1. The number of halogens is 1. The summed E-state index contributed by atoms with van der Waals surface area (Å²) in [7, 11) is 0. The predicted octanol–water partition coefficient (Wildman–Crippen LogP) is 5.77. The van der Waals surface area contributed by atoms with E-state index in [0.29, 0.717) is 18.9 Å². The van der Waals surface area contributed by atoms with Crippen molar-refractivity contribution in [3.8, 4) is 11.5 Å². The first kappa shape index (κ1) is 31.0. The van der Waals surface area contributed by atoms with Crippen LogP contribution in [0.2, 0.25) is 0 Å². The normalized spacial score (nSPS) is 17.0. The number of phenols is 1. The number of nitrogens with one attached hydrogen (secondary N) is 1. The Morgan fingerprint density at radius 1 is 1.15 bits per heavy atom. The van der Waals surface area contributed by atoms with E-state index in [1.54, 1.807) is 32.0 Å². The summed E-state index contributed by atoms with van der Waals surface area (Å²) >= 11 is 0. The summed E-state index contributed by atoms with van der Waals surface area (Å²) in [5.41, 5.74) is 1.54. The zero-order valence-electron chi connectivity index (χ0n) is 25.5. The molecule has 1 aromatic heterocycles. The number of para-hydroxylation sites is 1. The molecule has 1 fully saturated rings. The van der Waals surface area contributed by atoms with Crippen LogP contribution in [0.5, 0.6) is 11.5 Å². The molecule has 1 amide bonds. The van der Waals surface area contributed by atoms with Crippen molar-refractivity contribution in [1.29, 1.82) is 0 Å². The number of phenolic OH excluding ortho intramolecular Hbond substituents is 1. The zero-order chi connectivity index (χ0) is 32.4. The summed E-state index contributed by atoms with van der Waals surface area (Å²) < 4.78 is 33.3. The van der Waals surface area contributed by atoms with E-state index >= 15 is 4.39 Å². The van der Waals surface area contributed by atoms with Crippen LogP contribution in [0, 0.1) is 25.1 Å². The number of anilines is 2. The molecule has 0 radical (unpaired) electrons. The van der Waals surface area contributed by atoms with Gasteiger partial charge in [-0.05, 0) is 43.2 Å². The van der Waals surface area contributed by atoms with E-state index in [9.17, 15) is 19.8 Å². The Balaban J connectivity index is 1.52. The van der Waals surface area contributed by atoms with E-state index in [1.807, 2.05) is 30.3 Å². The summed E-state index contributed by atoms with van der Waals surface area (Å²) in [6.07, 6.45) is 1.24. The van der Waals surface area contributed by atoms with Crippen molar-refractivity contribution in [1.82, 2.24) is 4.98 Å². The van der Waals surface area contributed by atoms with Crippen LogP contribution in [0.4, 0.5) is 15.8 Å². The second-order valence-corrected chi connectivity index (χ2v) is 11.7. The monoisotopic (exact) mass is 627 g/mol. The number of allylic oxidation sites excluding steroid dienone is 1. The Bertz CT molecular complexity index is 1800. The number of rotatable bonds is 10. The van der Waals surface area contributed by atoms with Crippen LogP contribution in [-0.4, -0.2) is 47.2 Å². The Hall–Kier alpha value is -5.00. The van der Waals surface area contributed by atoms with Crippen LogP contribution in [0.25, 0.3) is 0 Å². The molecule has 3 heterocycles. The molecule has 2 aliphatic rings. The molecule has 10 nitrogen and oxygen atoms in total. The van der Waals surface area contributed by atoms with Gasteiger partial charge < -0.3 is 34.2 Å². The number of benzene rings is 3. The van der Waals surface area contributed by atoms with E-state index in [4.69, 9.17) is 13.9 Å². The third-order valence-corrected chi connectivity index (χ3v) is 8.43. The highest BCUT2D eigenvalue weighted by Gasteiger charge is 2.44. The number of carbonyl (C=O) groups excluding carboxylic acids is 2. The predicted molar refractivity (Wildman–Crippen MR) is 167 cm³/mol. The van der Waals surface area contributed by atoms with Crippen molar-refractivity contribution in [2.24, 2.45) is 5.41 Å². The Kier molecular flexibility index (Phi) is 8.61. The molecule has 0 bridgehead atoms. The minimum Gasteiger partial charge on any atom is -0.506 e. The largest absolute Gasteiger partial charge is 0.506 e. The molecule has 1 saturated heterocycles. The lowest BCUT2D eigenvalue weighted by Crippen LogP contribution is -2.44. The van der Waals surface area contributed by atoms with Gasteiger partial charge in [0.2, 0.25) is 0 Å². The minimum absolute atomic E-state index is 0.00516. The highest BCUT2D eigenvalue weighted by atomic mass is 19.1. The van der Waals surface area contributed by atoms with Crippen molar-refractivity contribution >= 4 is 23.6 Å². The molecule has 0 spiro atoms. The van der Waals surface area contributed by atoms with Gasteiger partial charge in [0.1, 0.15) is 41.7 Å². The van der Waals surface area contributed by atoms with E-state index in [1.165, 1.54) is 23.1 Å². The Morgan fingerprint density at radius 3 is 2.57 bits per heavy atom. The molecule has 3 N–H and O–H groups in total. The average molecular weight is 628 g/mol. The van der Waals surface area contributed by atoms with Gasteiger partial charge in [0, 0.05) is 41.7 Å². The fourth-order valence-electron chi connectivity index (χ4n) is 6.08. The first-order valence-electron chi connectivity index (χ1n) is 14.9. The maximum absolute atomic E-state index is 16.4. The van der Waals surface area contributed by atoms with Gasteiger partial charge in [-0.3, -0.25) is 9.69 Å². The number of aldehydes is 1. The molecule has 3 aromatic carbocycles. The standard InChI is InChI=1S/C35H34FN3O7/c1-21-31(37-22(2)46-21)34(43)39-29-9-6-10-30(42)32(29)38-28(16-35(13-14-40)19-44-20-35)26(17-41)33(39)25-12-11-24(15-27(25)36)45-18-23-7-4-3-5-8-23/h3-12,14-15,33,38,41-42H,13,16-20H2,1-2H3. The molecule has 6 rings (SSSR count). The van der Waals surface area contributed by atoms with Gasteiger partial charge in [0.25, 0.3) is 5.91 Å². The van der Waals surface area contributed by atoms with Gasteiger partial charge in [0.15, 0.2) is 11.6 Å². The molecule has 2 aliphatic heterocycles. The van der Waals surface area contributed by atoms with Gasteiger partial charge in [-0.1, -0.05) is 36.4 Å². The highest BCUT2D eigenvalue weighted by molar-refractivity contribution is 6.09. The maximum Gasteiger partial charge on any atom is 0.281 e. The average Bonchev–Trinajstić information content (AvgIpc) is 3.30. The topological polar surface area (TPSA) is 134 Å². The molecule has 11 heteroatoms. The van der Waals surface area contributed by atoms with Crippen LogP contribution in [0.1, 0.15) is 52.1 Å². The zero-order valence-corrected chi connectivity index (χ0v) is 25.5. The van der Waals surface area contributed by atoms with E-state index in [0.717, 1.165) is 11.8 Å². The van der Waals surface area contributed by atoms with Crippen LogP contribution in [-0.2, 0) is 16.1 Å². The van der Waals surface area contributed by atoms with Crippen molar-refractivity contribution < 1.29 is 38.1 Å².